The number of carbonyl (C=O) groups excluding carboxylic acids is 1. The van der Waals surface area contributed by atoms with Gasteiger partial charge in [-0.15, -0.1) is 0 Å². The van der Waals surface area contributed by atoms with Gasteiger partial charge >= 0.3 is 0 Å². The molecule has 26 heavy (non-hydrogen) atoms. The Hall–Kier alpha value is -2.35. The lowest BCUT2D eigenvalue weighted by atomic mass is 10.3. The molecule has 0 atom stereocenters. The second-order valence-electron chi connectivity index (χ2n) is 6.06. The largest absolute Gasteiger partial charge is 0.491 e. The van der Waals surface area contributed by atoms with Crippen molar-refractivity contribution < 1.29 is 14.3 Å². The fourth-order valence-corrected chi connectivity index (χ4v) is 3.07. The van der Waals surface area contributed by atoms with Crippen molar-refractivity contribution in [2.45, 2.75) is 44.6 Å². The summed E-state index contributed by atoms with van der Waals surface area (Å²) in [6.45, 7) is 7.60. The van der Waals surface area contributed by atoms with E-state index in [0.29, 0.717) is 22.4 Å². The van der Waals surface area contributed by atoms with Crippen LogP contribution in [0.25, 0.3) is 0 Å². The lowest BCUT2D eigenvalue weighted by Gasteiger charge is -2.13. The summed E-state index contributed by atoms with van der Waals surface area (Å²) in [6, 6.07) is 3.77. The number of hydrogen-bond acceptors (Lipinski definition) is 7. The van der Waals surface area contributed by atoms with Gasteiger partial charge in [-0.3, -0.25) is 9.78 Å². The number of rotatable bonds is 8. The highest BCUT2D eigenvalue weighted by atomic mass is 32.2. The normalized spacial score (nSPS) is 10.7. The van der Waals surface area contributed by atoms with E-state index in [1.807, 2.05) is 33.8 Å². The number of methoxy groups -OCH3 is 1. The number of nitrogens with zero attached hydrogens (tertiary/aromatic N) is 3. The van der Waals surface area contributed by atoms with Crippen LogP contribution in [0.4, 0.5) is 0 Å². The van der Waals surface area contributed by atoms with Crippen LogP contribution in [0.3, 0.4) is 0 Å². The summed E-state index contributed by atoms with van der Waals surface area (Å²) in [6.07, 6.45) is 1.59. The molecule has 0 spiro atoms. The summed E-state index contributed by atoms with van der Waals surface area (Å²) in [5.41, 5.74) is 2.66. The fourth-order valence-electron chi connectivity index (χ4n) is 2.21. The molecular formula is C18H24N4O3S. The van der Waals surface area contributed by atoms with Gasteiger partial charge < -0.3 is 14.8 Å². The first-order valence-electron chi connectivity index (χ1n) is 8.27. The lowest BCUT2D eigenvalue weighted by molar-refractivity contribution is -0.123. The van der Waals surface area contributed by atoms with Gasteiger partial charge in [-0.1, -0.05) is 11.8 Å². The molecule has 0 aliphatic heterocycles. The van der Waals surface area contributed by atoms with Crippen molar-refractivity contribution >= 4 is 17.7 Å². The van der Waals surface area contributed by atoms with Crippen molar-refractivity contribution in [2.75, 3.05) is 13.7 Å². The average molecular weight is 376 g/mol. The van der Waals surface area contributed by atoms with Gasteiger partial charge in [0.05, 0.1) is 19.0 Å². The molecule has 2 heterocycles. The van der Waals surface area contributed by atoms with E-state index in [1.165, 1.54) is 18.9 Å². The summed E-state index contributed by atoms with van der Waals surface area (Å²) in [4.78, 5) is 25.0. The van der Waals surface area contributed by atoms with Crippen LogP contribution in [0.2, 0.25) is 0 Å². The summed E-state index contributed by atoms with van der Waals surface area (Å²) in [7, 11) is 1.54. The summed E-state index contributed by atoms with van der Waals surface area (Å²) < 4.78 is 10.9. The Labute approximate surface area is 157 Å². The smallest absolute Gasteiger partial charge is 0.258 e. The monoisotopic (exact) mass is 376 g/mol. The molecule has 140 valence electrons. The molecule has 0 aliphatic carbocycles. The lowest BCUT2D eigenvalue weighted by Crippen LogP contribution is -2.34. The standard InChI is InChI=1S/C18H24N4O3S/c1-11(2)20-17(23)9-25-15-7-14(19-8-16(15)24-5)10-26-18-21-12(3)6-13(4)22-18/h6-8,11H,9-10H2,1-5H3,(H,20,23). The fraction of sp³-hybridized carbons (Fsp3) is 0.444. The van der Waals surface area contributed by atoms with Gasteiger partial charge in [0, 0.05) is 29.2 Å². The minimum absolute atomic E-state index is 0.0650. The molecule has 0 unspecified atom stereocenters. The zero-order chi connectivity index (χ0) is 19.1. The second-order valence-corrected chi connectivity index (χ2v) is 7.00. The average Bonchev–Trinajstić information content (AvgIpc) is 2.56. The van der Waals surface area contributed by atoms with Gasteiger partial charge in [-0.05, 0) is 33.8 Å². The molecule has 2 aromatic rings. The Kier molecular flexibility index (Phi) is 7.20. The van der Waals surface area contributed by atoms with Crippen LogP contribution in [0, 0.1) is 13.8 Å². The predicted octanol–water partition coefficient (Wildman–Crippen LogP) is 2.69. The molecule has 2 aromatic heterocycles. The third-order valence-electron chi connectivity index (χ3n) is 3.23. The first kappa shape index (κ1) is 20.0. The molecule has 7 nitrogen and oxygen atoms in total. The van der Waals surface area contributed by atoms with Crippen molar-refractivity contribution in [3.8, 4) is 11.5 Å². The number of hydrogen-bond donors (Lipinski definition) is 1. The van der Waals surface area contributed by atoms with E-state index in [4.69, 9.17) is 9.47 Å². The van der Waals surface area contributed by atoms with Gasteiger partial charge in [0.25, 0.3) is 5.91 Å². The highest BCUT2D eigenvalue weighted by Gasteiger charge is 2.11. The number of amides is 1. The first-order chi connectivity index (χ1) is 12.4. The Morgan fingerprint density at radius 2 is 1.88 bits per heavy atom. The van der Waals surface area contributed by atoms with E-state index in [-0.39, 0.29) is 18.6 Å². The van der Waals surface area contributed by atoms with Crippen LogP contribution in [0.1, 0.15) is 30.9 Å². The topological polar surface area (TPSA) is 86.2 Å². The molecule has 8 heteroatoms. The number of aromatic nitrogens is 3. The van der Waals surface area contributed by atoms with Crippen LogP contribution in [0.15, 0.2) is 23.5 Å². The SMILES string of the molecule is COc1cnc(CSc2nc(C)cc(C)n2)cc1OCC(=O)NC(C)C. The number of thioether (sulfide) groups is 1. The molecule has 0 fully saturated rings. The molecular weight excluding hydrogens is 352 g/mol. The van der Waals surface area contributed by atoms with Crippen LogP contribution in [-0.2, 0) is 10.5 Å². The third-order valence-corrected chi connectivity index (χ3v) is 4.11. The molecule has 1 N–H and O–H groups in total. The summed E-state index contributed by atoms with van der Waals surface area (Å²) in [5.74, 6) is 1.37. The molecule has 2 rings (SSSR count). The van der Waals surface area contributed by atoms with Crippen LogP contribution in [-0.4, -0.2) is 40.6 Å². The van der Waals surface area contributed by atoms with Crippen LogP contribution >= 0.6 is 11.8 Å². The van der Waals surface area contributed by atoms with Gasteiger partial charge in [-0.25, -0.2) is 9.97 Å². The number of carbonyl (C=O) groups is 1. The van der Waals surface area contributed by atoms with Crippen molar-refractivity contribution in [1.82, 2.24) is 20.3 Å². The molecule has 0 saturated carbocycles. The van der Waals surface area contributed by atoms with Crippen LogP contribution in [0.5, 0.6) is 11.5 Å². The predicted molar refractivity (Wildman–Crippen MR) is 101 cm³/mol. The Morgan fingerprint density at radius 3 is 2.50 bits per heavy atom. The molecule has 1 amide bonds. The summed E-state index contributed by atoms with van der Waals surface area (Å²) >= 11 is 1.50. The van der Waals surface area contributed by atoms with E-state index in [0.717, 1.165) is 17.1 Å². The van der Waals surface area contributed by atoms with E-state index in [2.05, 4.69) is 20.3 Å². The van der Waals surface area contributed by atoms with E-state index in [1.54, 1.807) is 12.3 Å². The molecule has 0 bridgehead atoms. The molecule has 0 aromatic carbocycles. The maximum atomic E-state index is 11.8. The Balaban J connectivity index is 2.04. The number of pyridine rings is 1. The van der Waals surface area contributed by atoms with Crippen molar-refractivity contribution in [3.05, 3.63) is 35.4 Å². The van der Waals surface area contributed by atoms with Crippen molar-refractivity contribution in [1.29, 1.82) is 0 Å². The zero-order valence-corrected chi connectivity index (χ0v) is 16.5. The summed E-state index contributed by atoms with van der Waals surface area (Å²) in [5, 5.41) is 3.49. The van der Waals surface area contributed by atoms with Gasteiger partial charge in [0.1, 0.15) is 0 Å². The highest BCUT2D eigenvalue weighted by molar-refractivity contribution is 7.98. The van der Waals surface area contributed by atoms with Gasteiger partial charge in [-0.2, -0.15) is 0 Å². The second kappa shape index (κ2) is 9.38. The minimum Gasteiger partial charge on any atom is -0.491 e. The van der Waals surface area contributed by atoms with Crippen molar-refractivity contribution in [3.63, 3.8) is 0 Å². The first-order valence-corrected chi connectivity index (χ1v) is 9.26. The Bertz CT molecular complexity index is 748. The van der Waals surface area contributed by atoms with E-state index >= 15 is 0 Å². The van der Waals surface area contributed by atoms with E-state index in [9.17, 15) is 4.79 Å². The quantitative estimate of drug-likeness (QED) is 0.560. The van der Waals surface area contributed by atoms with Crippen LogP contribution < -0.4 is 14.8 Å². The molecule has 0 aliphatic rings. The number of nitrogens with one attached hydrogen (secondary N) is 1. The maximum Gasteiger partial charge on any atom is 0.258 e. The molecule has 0 radical (unpaired) electrons. The van der Waals surface area contributed by atoms with E-state index < -0.39 is 0 Å². The third kappa shape index (κ3) is 6.18. The Morgan fingerprint density at radius 1 is 1.19 bits per heavy atom. The maximum absolute atomic E-state index is 11.8. The number of aryl methyl sites for hydroxylation is 2. The number of ether oxygens (including phenoxy) is 2. The highest BCUT2D eigenvalue weighted by Crippen LogP contribution is 2.28. The van der Waals surface area contributed by atoms with Gasteiger partial charge in [0.2, 0.25) is 0 Å². The minimum atomic E-state index is -0.182. The van der Waals surface area contributed by atoms with Gasteiger partial charge in [0.15, 0.2) is 23.3 Å². The zero-order valence-electron chi connectivity index (χ0n) is 15.7. The van der Waals surface area contributed by atoms with Crippen molar-refractivity contribution in [2.24, 2.45) is 0 Å². The molecule has 0 saturated heterocycles.